The number of hydrogen-bond donors (Lipinski definition) is 0. The Morgan fingerprint density at radius 1 is 0.293 bits per heavy atom. The molecule has 0 unspecified atom stereocenters. The number of hydrogen-bond acceptors (Lipinski definition) is 2. The third-order valence-corrected chi connectivity index (χ3v) is 16.0. The third kappa shape index (κ3) is 6.71. The molecule has 11 aromatic carbocycles. The summed E-state index contributed by atoms with van der Waals surface area (Å²) >= 11 is 0. The van der Waals surface area contributed by atoms with Gasteiger partial charge in [0.05, 0.1) is 22.1 Å². The number of anilines is 6. The van der Waals surface area contributed by atoms with E-state index in [-0.39, 0.29) is 12.1 Å². The molecule has 0 amide bonds. The normalized spacial score (nSPS) is 12.9. The molecule has 0 spiro atoms. The van der Waals surface area contributed by atoms with Crippen LogP contribution < -0.4 is 26.2 Å². The molecule has 5 heteroatoms. The second-order valence-corrected chi connectivity index (χ2v) is 21.3. The molecule has 0 saturated heterocycles. The standard InChI is InChI=1S/C70H51BN4/c1-70(2,3)50-32-36-52(37-33-50)73-66-45-54(75-63-28-16-12-24-57(63)58-25-13-17-29-64(58)75)39-41-60(66)71-59-40-38-53(74-61-26-14-10-22-55(61)56-23-11-15-27-62(56)74)44-65(59)72(51-34-30-48(31-35-51)46-18-6-4-7-19-46)67-42-49(43-68(73)69(67)71)47-20-8-5-9-21-47/h4-45H,1-3H3. The molecular weight excluding hydrogens is 908 g/mol. The number of para-hydroxylation sites is 4. The monoisotopic (exact) mass is 958 g/mol. The van der Waals surface area contributed by atoms with Crippen molar-refractivity contribution in [2.24, 2.45) is 0 Å². The minimum Gasteiger partial charge on any atom is -0.311 e. The maximum absolute atomic E-state index is 2.56. The summed E-state index contributed by atoms with van der Waals surface area (Å²) in [5.41, 5.74) is 23.8. The van der Waals surface area contributed by atoms with Crippen molar-refractivity contribution in [2.75, 3.05) is 9.80 Å². The predicted molar refractivity (Wildman–Crippen MR) is 319 cm³/mol. The van der Waals surface area contributed by atoms with Crippen LogP contribution in [0.15, 0.2) is 255 Å². The van der Waals surface area contributed by atoms with E-state index >= 15 is 0 Å². The van der Waals surface area contributed by atoms with E-state index in [0.717, 1.165) is 34.0 Å². The largest absolute Gasteiger partial charge is 0.311 e. The third-order valence-electron chi connectivity index (χ3n) is 16.0. The predicted octanol–water partition coefficient (Wildman–Crippen LogP) is 16.6. The average molecular weight is 959 g/mol. The zero-order valence-electron chi connectivity index (χ0n) is 42.1. The summed E-state index contributed by atoms with van der Waals surface area (Å²) in [6.45, 7) is 6.80. The lowest BCUT2D eigenvalue weighted by molar-refractivity contribution is 0.590. The van der Waals surface area contributed by atoms with E-state index < -0.39 is 0 Å². The van der Waals surface area contributed by atoms with Crippen LogP contribution in [0.3, 0.4) is 0 Å². The van der Waals surface area contributed by atoms with Gasteiger partial charge in [-0.15, -0.1) is 0 Å². The van der Waals surface area contributed by atoms with Crippen LogP contribution in [0.5, 0.6) is 0 Å². The quantitative estimate of drug-likeness (QED) is 0.154. The minimum atomic E-state index is -0.0887. The number of benzene rings is 11. The van der Waals surface area contributed by atoms with Crippen LogP contribution in [-0.4, -0.2) is 15.8 Å². The van der Waals surface area contributed by atoms with Crippen LogP contribution in [0.4, 0.5) is 34.1 Å². The zero-order chi connectivity index (χ0) is 49.9. The molecule has 0 bridgehead atoms. The van der Waals surface area contributed by atoms with Crippen LogP contribution in [0.25, 0.3) is 77.2 Å². The smallest absolute Gasteiger partial charge is 0.252 e. The van der Waals surface area contributed by atoms with Crippen molar-refractivity contribution in [1.82, 2.24) is 9.13 Å². The van der Waals surface area contributed by atoms with Gasteiger partial charge in [0, 0.05) is 67.0 Å². The van der Waals surface area contributed by atoms with E-state index in [0.29, 0.717) is 0 Å². The Morgan fingerprint density at radius 3 is 1.05 bits per heavy atom. The van der Waals surface area contributed by atoms with E-state index in [9.17, 15) is 0 Å². The van der Waals surface area contributed by atoms with Gasteiger partial charge in [-0.2, -0.15) is 0 Å². The lowest BCUT2D eigenvalue weighted by Crippen LogP contribution is -2.61. The van der Waals surface area contributed by atoms with Gasteiger partial charge in [-0.25, -0.2) is 0 Å². The number of nitrogens with zero attached hydrogens (tertiary/aromatic N) is 4. The molecule has 2 aliphatic heterocycles. The van der Waals surface area contributed by atoms with Gasteiger partial charge in [-0.3, -0.25) is 0 Å². The lowest BCUT2D eigenvalue weighted by Gasteiger charge is -2.44. The molecular formula is C70H51BN4. The SMILES string of the molecule is CC(C)(C)c1ccc(N2c3cc(-n4c5ccccc5c5ccccc54)ccc3B3c4ccc(-n5c6ccccc6c6ccccc65)cc4N(c4ccc(-c5ccccc5)cc4)c4cc(-c5ccccc5)cc2c43)cc1. The van der Waals surface area contributed by atoms with Gasteiger partial charge < -0.3 is 18.9 Å². The molecule has 354 valence electrons. The van der Waals surface area contributed by atoms with E-state index in [4.69, 9.17) is 0 Å². The van der Waals surface area contributed by atoms with Crippen LogP contribution >= 0.6 is 0 Å². The van der Waals surface area contributed by atoms with Crippen molar-refractivity contribution >= 4 is 101 Å². The molecule has 0 fully saturated rings. The van der Waals surface area contributed by atoms with Gasteiger partial charge in [-0.1, -0.05) is 191 Å². The average Bonchev–Trinajstić information content (AvgIpc) is 4.01. The van der Waals surface area contributed by atoms with Crippen molar-refractivity contribution in [3.63, 3.8) is 0 Å². The molecule has 4 nitrogen and oxygen atoms in total. The van der Waals surface area contributed by atoms with E-state index in [1.54, 1.807) is 0 Å². The Morgan fingerprint density at radius 2 is 0.640 bits per heavy atom. The lowest BCUT2D eigenvalue weighted by atomic mass is 9.33. The summed E-state index contributed by atoms with van der Waals surface area (Å²) in [7, 11) is 0. The van der Waals surface area contributed by atoms with Crippen molar-refractivity contribution in [3.8, 4) is 33.6 Å². The Bertz CT molecular complexity index is 4280. The summed E-state index contributed by atoms with van der Waals surface area (Å²) in [4.78, 5) is 5.12. The molecule has 75 heavy (non-hydrogen) atoms. The Balaban J connectivity index is 1.04. The fourth-order valence-corrected chi connectivity index (χ4v) is 12.5. The van der Waals surface area contributed by atoms with Crippen LogP contribution in [-0.2, 0) is 5.41 Å². The fourth-order valence-electron chi connectivity index (χ4n) is 12.5. The summed E-state index contributed by atoms with van der Waals surface area (Å²) in [5, 5.41) is 5.00. The number of fused-ring (bicyclic) bond motifs is 10. The first-order valence-electron chi connectivity index (χ1n) is 26.2. The van der Waals surface area contributed by atoms with E-state index in [1.807, 2.05) is 0 Å². The Labute approximate surface area is 437 Å². The topological polar surface area (TPSA) is 16.3 Å². The molecule has 0 aliphatic carbocycles. The zero-order valence-corrected chi connectivity index (χ0v) is 42.1. The van der Waals surface area contributed by atoms with Gasteiger partial charge in [-0.05, 0) is 135 Å². The second-order valence-electron chi connectivity index (χ2n) is 21.3. The number of rotatable bonds is 6. The Kier molecular flexibility index (Phi) is 9.58. The van der Waals surface area contributed by atoms with E-state index in [2.05, 4.69) is 294 Å². The maximum atomic E-state index is 2.56. The molecule has 13 aromatic rings. The highest BCUT2D eigenvalue weighted by Crippen LogP contribution is 2.48. The van der Waals surface area contributed by atoms with Crippen LogP contribution in [0.2, 0.25) is 0 Å². The highest BCUT2D eigenvalue weighted by Gasteiger charge is 2.44. The van der Waals surface area contributed by atoms with Gasteiger partial charge >= 0.3 is 0 Å². The van der Waals surface area contributed by atoms with E-state index in [1.165, 1.54) is 99.3 Å². The first-order chi connectivity index (χ1) is 36.9. The molecule has 4 heterocycles. The molecule has 0 N–H and O–H groups in total. The molecule has 0 saturated carbocycles. The van der Waals surface area contributed by atoms with Crippen molar-refractivity contribution in [3.05, 3.63) is 260 Å². The first kappa shape index (κ1) is 43.3. The Hall–Kier alpha value is -9.32. The van der Waals surface area contributed by atoms with Crippen LogP contribution in [0, 0.1) is 0 Å². The van der Waals surface area contributed by atoms with Gasteiger partial charge in [0.1, 0.15) is 0 Å². The maximum Gasteiger partial charge on any atom is 0.252 e. The molecule has 15 rings (SSSR count). The number of aromatic nitrogens is 2. The van der Waals surface area contributed by atoms with Crippen molar-refractivity contribution in [1.29, 1.82) is 0 Å². The van der Waals surface area contributed by atoms with Crippen LogP contribution in [0.1, 0.15) is 26.3 Å². The highest BCUT2D eigenvalue weighted by atomic mass is 15.2. The molecule has 2 aromatic heterocycles. The minimum absolute atomic E-state index is 0.00211. The first-order valence-corrected chi connectivity index (χ1v) is 26.2. The van der Waals surface area contributed by atoms with Crippen molar-refractivity contribution in [2.45, 2.75) is 26.2 Å². The fraction of sp³-hybridized carbons (Fsp3) is 0.0571. The van der Waals surface area contributed by atoms with Gasteiger partial charge in [0.15, 0.2) is 0 Å². The van der Waals surface area contributed by atoms with Crippen molar-refractivity contribution < 1.29 is 0 Å². The van der Waals surface area contributed by atoms with Gasteiger partial charge in [0.2, 0.25) is 0 Å². The summed E-state index contributed by atoms with van der Waals surface area (Å²) in [6, 6.07) is 95.0. The van der Waals surface area contributed by atoms with Gasteiger partial charge in [0.25, 0.3) is 6.71 Å². The summed E-state index contributed by atoms with van der Waals surface area (Å²) in [6.07, 6.45) is 0. The summed E-state index contributed by atoms with van der Waals surface area (Å²) in [5.74, 6) is 0. The molecule has 0 atom stereocenters. The highest BCUT2D eigenvalue weighted by molar-refractivity contribution is 7.00. The molecule has 0 radical (unpaired) electrons. The second kappa shape index (κ2) is 16.6. The summed E-state index contributed by atoms with van der Waals surface area (Å²) < 4.78 is 4.92. The molecule has 2 aliphatic rings.